The van der Waals surface area contributed by atoms with Gasteiger partial charge in [0.15, 0.2) is 0 Å². The lowest BCUT2D eigenvalue weighted by molar-refractivity contribution is 0.429. The van der Waals surface area contributed by atoms with Gasteiger partial charge in [-0.3, -0.25) is 0 Å². The molecule has 25 heavy (non-hydrogen) atoms. The summed E-state index contributed by atoms with van der Waals surface area (Å²) in [4.78, 5) is 0. The van der Waals surface area contributed by atoms with Gasteiger partial charge in [0.05, 0.1) is 16.0 Å². The van der Waals surface area contributed by atoms with Gasteiger partial charge in [0, 0.05) is 18.7 Å². The van der Waals surface area contributed by atoms with E-state index < -0.39 is 10.0 Å². The fourth-order valence-corrected chi connectivity index (χ4v) is 6.56. The van der Waals surface area contributed by atoms with Crippen molar-refractivity contribution in [2.75, 3.05) is 13.1 Å². The van der Waals surface area contributed by atoms with Gasteiger partial charge in [-0.15, -0.1) is 16.4 Å². The maximum Gasteiger partial charge on any atom is 0.252 e. The van der Waals surface area contributed by atoms with Crippen molar-refractivity contribution in [2.45, 2.75) is 16.7 Å². The third-order valence-electron chi connectivity index (χ3n) is 4.22. The van der Waals surface area contributed by atoms with Crippen LogP contribution in [0.2, 0.25) is 0 Å². The van der Waals surface area contributed by atoms with Gasteiger partial charge in [-0.05, 0) is 34.5 Å². The number of aromatic nitrogens is 3. The first-order valence-electron chi connectivity index (χ1n) is 7.77. The van der Waals surface area contributed by atoms with Crippen molar-refractivity contribution in [2.24, 2.45) is 0 Å². The summed E-state index contributed by atoms with van der Waals surface area (Å²) < 4.78 is 29.9. The fourth-order valence-electron chi connectivity index (χ4n) is 2.90. The Hall–Kier alpha value is -1.55. The number of halogens is 1. The molecule has 1 atom stereocenters. The van der Waals surface area contributed by atoms with Gasteiger partial charge in [-0.25, -0.2) is 13.1 Å². The lowest BCUT2D eigenvalue weighted by atomic mass is 10.2. The van der Waals surface area contributed by atoms with Crippen molar-refractivity contribution in [3.8, 4) is 11.3 Å². The van der Waals surface area contributed by atoms with Crippen molar-refractivity contribution in [3.05, 3.63) is 52.4 Å². The molecule has 1 fully saturated rings. The average Bonchev–Trinajstić information content (AvgIpc) is 3.35. The quantitative estimate of drug-likeness (QED) is 0.625. The molecule has 6 nitrogen and oxygen atoms in total. The van der Waals surface area contributed by atoms with Crippen LogP contribution in [0.4, 0.5) is 0 Å². The Kier molecular flexibility index (Phi) is 4.48. The number of hydrogen-bond donors (Lipinski definition) is 0. The zero-order valence-corrected chi connectivity index (χ0v) is 16.3. The van der Waals surface area contributed by atoms with Crippen LogP contribution in [0.25, 0.3) is 11.3 Å². The first-order valence-corrected chi connectivity index (χ1v) is 10.8. The molecule has 0 saturated carbocycles. The average molecular weight is 439 g/mol. The first kappa shape index (κ1) is 16.9. The van der Waals surface area contributed by atoms with Crippen molar-refractivity contribution in [1.29, 1.82) is 0 Å². The lowest BCUT2D eigenvalue weighted by Gasteiger charge is -2.15. The molecule has 1 saturated heterocycles. The molecule has 130 valence electrons. The second kappa shape index (κ2) is 6.64. The summed E-state index contributed by atoms with van der Waals surface area (Å²) in [5.41, 5.74) is 1.80. The molecule has 1 aliphatic rings. The van der Waals surface area contributed by atoms with Crippen LogP contribution in [0.1, 0.15) is 12.5 Å². The summed E-state index contributed by atoms with van der Waals surface area (Å²) in [7, 11) is -3.44. The van der Waals surface area contributed by atoms with E-state index in [9.17, 15) is 8.42 Å². The molecule has 0 N–H and O–H groups in total. The zero-order chi connectivity index (χ0) is 17.4. The maximum atomic E-state index is 12.7. The molecule has 0 bridgehead atoms. The van der Waals surface area contributed by atoms with Crippen LogP contribution in [0.3, 0.4) is 0 Å². The van der Waals surface area contributed by atoms with Crippen molar-refractivity contribution in [1.82, 2.24) is 19.3 Å². The fraction of sp³-hybridized carbons (Fsp3) is 0.250. The Bertz CT molecular complexity index is 985. The van der Waals surface area contributed by atoms with Crippen LogP contribution in [-0.2, 0) is 10.0 Å². The predicted octanol–water partition coefficient (Wildman–Crippen LogP) is 3.40. The minimum atomic E-state index is -3.44. The largest absolute Gasteiger partial charge is 0.252 e. The Morgan fingerprint density at radius 3 is 2.68 bits per heavy atom. The Labute approximate surface area is 158 Å². The molecule has 3 aromatic rings. The summed E-state index contributed by atoms with van der Waals surface area (Å²) in [6.07, 6.45) is 2.61. The normalized spacial score (nSPS) is 18.7. The third kappa shape index (κ3) is 3.29. The van der Waals surface area contributed by atoms with Gasteiger partial charge in [0.2, 0.25) is 0 Å². The minimum Gasteiger partial charge on any atom is -0.247 e. The van der Waals surface area contributed by atoms with Gasteiger partial charge >= 0.3 is 0 Å². The van der Waals surface area contributed by atoms with E-state index in [0.29, 0.717) is 17.3 Å². The van der Waals surface area contributed by atoms with Gasteiger partial charge in [0.1, 0.15) is 9.90 Å². The second-order valence-electron chi connectivity index (χ2n) is 5.81. The number of thiophene rings is 1. The van der Waals surface area contributed by atoms with Crippen LogP contribution in [0.15, 0.2) is 56.7 Å². The number of benzene rings is 1. The van der Waals surface area contributed by atoms with E-state index in [1.807, 2.05) is 36.5 Å². The molecule has 3 heterocycles. The molecule has 0 radical (unpaired) electrons. The molecule has 1 aromatic carbocycles. The number of nitrogens with zero attached hydrogens (tertiary/aromatic N) is 4. The molecular formula is C16H15BrN4O2S2. The Morgan fingerprint density at radius 2 is 1.96 bits per heavy atom. The summed E-state index contributed by atoms with van der Waals surface area (Å²) >= 11 is 4.55. The highest BCUT2D eigenvalue weighted by atomic mass is 79.9. The summed E-state index contributed by atoms with van der Waals surface area (Å²) in [5.74, 6) is 0. The van der Waals surface area contributed by atoms with Crippen molar-refractivity contribution >= 4 is 37.3 Å². The molecule has 0 amide bonds. The smallest absolute Gasteiger partial charge is 0.247 e. The highest BCUT2D eigenvalue weighted by molar-refractivity contribution is 9.11. The highest BCUT2D eigenvalue weighted by Crippen LogP contribution is 2.32. The monoisotopic (exact) mass is 438 g/mol. The van der Waals surface area contributed by atoms with Gasteiger partial charge in [-0.1, -0.05) is 35.5 Å². The molecule has 9 heteroatoms. The zero-order valence-electron chi connectivity index (χ0n) is 13.1. The second-order valence-corrected chi connectivity index (χ2v) is 10.4. The van der Waals surface area contributed by atoms with E-state index in [4.69, 9.17) is 0 Å². The molecule has 0 spiro atoms. The van der Waals surface area contributed by atoms with Crippen LogP contribution >= 0.6 is 27.3 Å². The van der Waals surface area contributed by atoms with Crippen LogP contribution < -0.4 is 0 Å². The van der Waals surface area contributed by atoms with E-state index >= 15 is 0 Å². The molecular weight excluding hydrogens is 424 g/mol. The van der Waals surface area contributed by atoms with Crippen LogP contribution in [-0.4, -0.2) is 40.8 Å². The molecule has 4 rings (SSSR count). The number of sulfonamides is 1. The SMILES string of the molecule is O=S(=O)(c1ccc(Br)s1)N1CC[C@@H](n2cc(-c3ccccc3)nn2)C1. The standard InChI is InChI=1S/C16H15BrN4O2S2/c17-15-6-7-16(24-15)25(22,23)20-9-8-13(10-20)21-11-14(18-19-21)12-4-2-1-3-5-12/h1-7,11,13H,8-10H2/t13-/m1/s1. The Morgan fingerprint density at radius 1 is 1.16 bits per heavy atom. The molecule has 0 aliphatic carbocycles. The third-order valence-corrected chi connectivity index (χ3v) is 8.18. The molecule has 2 aromatic heterocycles. The van der Waals surface area contributed by atoms with Gasteiger partial charge in [-0.2, -0.15) is 4.31 Å². The summed E-state index contributed by atoms with van der Waals surface area (Å²) in [5, 5.41) is 8.43. The van der Waals surface area contributed by atoms with E-state index in [-0.39, 0.29) is 6.04 Å². The van der Waals surface area contributed by atoms with Gasteiger partial charge < -0.3 is 0 Å². The summed E-state index contributed by atoms with van der Waals surface area (Å²) in [6.45, 7) is 0.901. The van der Waals surface area contributed by atoms with E-state index in [0.717, 1.165) is 21.5 Å². The van der Waals surface area contributed by atoms with Crippen LogP contribution in [0, 0.1) is 0 Å². The first-order chi connectivity index (χ1) is 12.0. The maximum absolute atomic E-state index is 12.7. The van der Waals surface area contributed by atoms with Crippen LogP contribution in [0.5, 0.6) is 0 Å². The molecule has 1 aliphatic heterocycles. The predicted molar refractivity (Wildman–Crippen MR) is 99.9 cm³/mol. The van der Waals surface area contributed by atoms with Crippen molar-refractivity contribution in [3.63, 3.8) is 0 Å². The van der Waals surface area contributed by atoms with E-state index in [1.54, 1.807) is 16.8 Å². The number of rotatable bonds is 4. The van der Waals surface area contributed by atoms with Crippen molar-refractivity contribution < 1.29 is 8.42 Å². The molecule has 0 unspecified atom stereocenters. The highest BCUT2D eigenvalue weighted by Gasteiger charge is 2.34. The number of hydrogen-bond acceptors (Lipinski definition) is 5. The minimum absolute atomic E-state index is 0.00291. The topological polar surface area (TPSA) is 68.1 Å². The lowest BCUT2D eigenvalue weighted by Crippen LogP contribution is -2.28. The van der Waals surface area contributed by atoms with E-state index in [1.165, 1.54) is 15.6 Å². The van der Waals surface area contributed by atoms with Gasteiger partial charge in [0.25, 0.3) is 10.0 Å². The Balaban J connectivity index is 1.52. The van der Waals surface area contributed by atoms with E-state index in [2.05, 4.69) is 26.2 Å². The summed E-state index contributed by atoms with van der Waals surface area (Å²) in [6, 6.07) is 13.2.